The van der Waals surface area contributed by atoms with Crippen molar-refractivity contribution >= 4 is 23.3 Å². The maximum absolute atomic E-state index is 12.1. The van der Waals surface area contributed by atoms with Crippen molar-refractivity contribution in [2.75, 3.05) is 11.1 Å². The largest absolute Gasteiger partial charge is 0.481 e. The Bertz CT molecular complexity index is 651. The summed E-state index contributed by atoms with van der Waals surface area (Å²) in [5, 5.41) is 11.4. The number of nitrogens with one attached hydrogen (secondary N) is 1. The van der Waals surface area contributed by atoms with Crippen molar-refractivity contribution in [3.05, 3.63) is 59.7 Å². The monoisotopic (exact) mass is 284 g/mol. The third-order valence-corrected chi connectivity index (χ3v) is 3.04. The van der Waals surface area contributed by atoms with E-state index >= 15 is 0 Å². The second kappa shape index (κ2) is 6.56. The summed E-state index contributed by atoms with van der Waals surface area (Å²) in [5.74, 6) is -1.10. The predicted octanol–water partition coefficient (Wildman–Crippen LogP) is 2.54. The van der Waals surface area contributed by atoms with Crippen LogP contribution in [-0.2, 0) is 11.2 Å². The van der Waals surface area contributed by atoms with Gasteiger partial charge in [-0.3, -0.25) is 9.59 Å². The highest BCUT2D eigenvalue weighted by Gasteiger charge is 2.09. The molecule has 0 aliphatic heterocycles. The first-order valence-electron chi connectivity index (χ1n) is 6.53. The second-order valence-electron chi connectivity index (χ2n) is 4.63. The molecule has 0 aromatic heterocycles. The topological polar surface area (TPSA) is 92.4 Å². The van der Waals surface area contributed by atoms with Crippen molar-refractivity contribution in [1.82, 2.24) is 0 Å². The van der Waals surface area contributed by atoms with Crippen LogP contribution < -0.4 is 11.1 Å². The number of benzene rings is 2. The predicted molar refractivity (Wildman–Crippen MR) is 81.2 cm³/mol. The van der Waals surface area contributed by atoms with Crippen LogP contribution in [0.3, 0.4) is 0 Å². The fourth-order valence-electron chi connectivity index (χ4n) is 1.91. The summed E-state index contributed by atoms with van der Waals surface area (Å²) >= 11 is 0. The van der Waals surface area contributed by atoms with E-state index in [0.29, 0.717) is 23.4 Å². The molecule has 0 aliphatic carbocycles. The van der Waals surface area contributed by atoms with Crippen LogP contribution in [0.4, 0.5) is 11.4 Å². The molecular weight excluding hydrogens is 268 g/mol. The summed E-state index contributed by atoms with van der Waals surface area (Å²) < 4.78 is 0. The van der Waals surface area contributed by atoms with Crippen LogP contribution in [0.2, 0.25) is 0 Å². The molecule has 0 atom stereocenters. The van der Waals surface area contributed by atoms with Crippen LogP contribution in [0.5, 0.6) is 0 Å². The van der Waals surface area contributed by atoms with Crippen LogP contribution in [0.25, 0.3) is 0 Å². The summed E-state index contributed by atoms with van der Waals surface area (Å²) in [6, 6.07) is 13.9. The maximum Gasteiger partial charge on any atom is 0.303 e. The highest BCUT2D eigenvalue weighted by Crippen LogP contribution is 2.15. The molecule has 108 valence electrons. The molecular formula is C16H16N2O3. The Morgan fingerprint density at radius 2 is 1.71 bits per heavy atom. The number of amides is 1. The zero-order valence-electron chi connectivity index (χ0n) is 11.4. The Hall–Kier alpha value is -2.82. The number of nitrogen functional groups attached to an aromatic ring is 1. The number of carbonyl (C=O) groups excluding carboxylic acids is 1. The van der Waals surface area contributed by atoms with E-state index < -0.39 is 5.97 Å². The van der Waals surface area contributed by atoms with Crippen molar-refractivity contribution in [2.45, 2.75) is 12.8 Å². The number of nitrogens with two attached hydrogens (primary N) is 1. The van der Waals surface area contributed by atoms with Gasteiger partial charge in [0.15, 0.2) is 0 Å². The quantitative estimate of drug-likeness (QED) is 0.736. The lowest BCUT2D eigenvalue weighted by atomic mass is 10.1. The highest BCUT2D eigenvalue weighted by atomic mass is 16.4. The zero-order valence-corrected chi connectivity index (χ0v) is 11.4. The Balaban J connectivity index is 2.02. The van der Waals surface area contributed by atoms with E-state index in [1.807, 2.05) is 0 Å². The molecule has 1 amide bonds. The summed E-state index contributed by atoms with van der Waals surface area (Å²) in [6.07, 6.45) is 0.557. The smallest absolute Gasteiger partial charge is 0.303 e. The van der Waals surface area contributed by atoms with Gasteiger partial charge < -0.3 is 16.2 Å². The molecule has 0 saturated carbocycles. The minimum atomic E-state index is -0.827. The van der Waals surface area contributed by atoms with Gasteiger partial charge in [-0.25, -0.2) is 0 Å². The normalized spacial score (nSPS) is 10.1. The first kappa shape index (κ1) is 14.6. The average molecular weight is 284 g/mol. The Morgan fingerprint density at radius 1 is 1.05 bits per heavy atom. The van der Waals surface area contributed by atoms with Crippen molar-refractivity contribution < 1.29 is 14.7 Å². The molecule has 0 unspecified atom stereocenters. The number of aliphatic carboxylic acids is 1. The molecule has 2 rings (SSSR count). The molecule has 0 radical (unpaired) electrons. The second-order valence-corrected chi connectivity index (χ2v) is 4.63. The number of carboxylic acids is 1. The Morgan fingerprint density at radius 3 is 2.33 bits per heavy atom. The van der Waals surface area contributed by atoms with Gasteiger partial charge in [-0.15, -0.1) is 0 Å². The summed E-state index contributed by atoms with van der Waals surface area (Å²) in [7, 11) is 0. The lowest BCUT2D eigenvalue weighted by Crippen LogP contribution is -2.13. The van der Waals surface area contributed by atoms with Crippen molar-refractivity contribution in [1.29, 1.82) is 0 Å². The third-order valence-electron chi connectivity index (χ3n) is 3.04. The molecule has 0 fully saturated rings. The number of para-hydroxylation sites is 1. The first-order valence-corrected chi connectivity index (χ1v) is 6.53. The van der Waals surface area contributed by atoms with Gasteiger partial charge in [0.2, 0.25) is 0 Å². The number of aryl methyl sites for hydroxylation is 1. The van der Waals surface area contributed by atoms with Gasteiger partial charge in [-0.2, -0.15) is 0 Å². The number of carboxylic acid groups (broad SMARTS) is 1. The van der Waals surface area contributed by atoms with Gasteiger partial charge in [0, 0.05) is 17.8 Å². The highest BCUT2D eigenvalue weighted by molar-refractivity contribution is 6.07. The van der Waals surface area contributed by atoms with Crippen LogP contribution in [-0.4, -0.2) is 17.0 Å². The van der Waals surface area contributed by atoms with Gasteiger partial charge in [0.05, 0.1) is 5.56 Å². The molecule has 0 aliphatic rings. The van der Waals surface area contributed by atoms with Crippen LogP contribution in [0.1, 0.15) is 22.3 Å². The van der Waals surface area contributed by atoms with Gasteiger partial charge >= 0.3 is 5.97 Å². The summed E-state index contributed by atoms with van der Waals surface area (Å²) in [4.78, 5) is 22.6. The maximum atomic E-state index is 12.1. The molecule has 0 spiro atoms. The SMILES string of the molecule is Nc1ccccc1C(=O)Nc1ccc(CCC(=O)O)cc1. The summed E-state index contributed by atoms with van der Waals surface area (Å²) in [5.41, 5.74) is 8.15. The number of carbonyl (C=O) groups is 2. The van der Waals surface area contributed by atoms with Crippen LogP contribution in [0.15, 0.2) is 48.5 Å². The van der Waals surface area contributed by atoms with E-state index in [1.165, 1.54) is 0 Å². The fourth-order valence-corrected chi connectivity index (χ4v) is 1.91. The minimum Gasteiger partial charge on any atom is -0.481 e. The first-order chi connectivity index (χ1) is 10.1. The molecule has 0 heterocycles. The van der Waals surface area contributed by atoms with E-state index in [2.05, 4.69) is 5.32 Å². The van der Waals surface area contributed by atoms with Crippen LogP contribution >= 0.6 is 0 Å². The number of anilines is 2. The lowest BCUT2D eigenvalue weighted by Gasteiger charge is -2.08. The molecule has 0 saturated heterocycles. The Kier molecular flexibility index (Phi) is 4.56. The van der Waals surface area contributed by atoms with Crippen molar-refractivity contribution in [2.24, 2.45) is 0 Å². The molecule has 2 aromatic carbocycles. The molecule has 2 aromatic rings. The molecule has 4 N–H and O–H groups in total. The van der Waals surface area contributed by atoms with Crippen molar-refractivity contribution in [3.63, 3.8) is 0 Å². The van der Waals surface area contributed by atoms with Gasteiger partial charge in [0.1, 0.15) is 0 Å². The minimum absolute atomic E-state index is 0.0895. The van der Waals surface area contributed by atoms with Gasteiger partial charge in [-0.1, -0.05) is 24.3 Å². The number of rotatable bonds is 5. The molecule has 5 nitrogen and oxygen atoms in total. The Labute approximate surface area is 122 Å². The van der Waals surface area contributed by atoms with Crippen LogP contribution in [0, 0.1) is 0 Å². The van der Waals surface area contributed by atoms with E-state index in [-0.39, 0.29) is 12.3 Å². The van der Waals surface area contributed by atoms with Gasteiger partial charge in [0.25, 0.3) is 5.91 Å². The lowest BCUT2D eigenvalue weighted by molar-refractivity contribution is -0.136. The van der Waals surface area contributed by atoms with E-state index in [4.69, 9.17) is 10.8 Å². The molecule has 0 bridgehead atoms. The van der Waals surface area contributed by atoms with E-state index in [0.717, 1.165) is 5.56 Å². The average Bonchev–Trinajstić information content (AvgIpc) is 2.47. The van der Waals surface area contributed by atoms with Crippen molar-refractivity contribution in [3.8, 4) is 0 Å². The third kappa shape index (κ3) is 4.07. The molecule has 21 heavy (non-hydrogen) atoms. The standard InChI is InChI=1S/C16H16N2O3/c17-14-4-2-1-3-13(14)16(21)18-12-8-5-11(6-9-12)7-10-15(19)20/h1-6,8-9H,7,10,17H2,(H,18,21)(H,19,20). The number of hydrogen-bond acceptors (Lipinski definition) is 3. The number of hydrogen-bond donors (Lipinski definition) is 3. The zero-order chi connectivity index (χ0) is 15.2. The fraction of sp³-hybridized carbons (Fsp3) is 0.125. The summed E-state index contributed by atoms with van der Waals surface area (Å²) in [6.45, 7) is 0. The van der Waals surface area contributed by atoms with E-state index in [1.54, 1.807) is 48.5 Å². The van der Waals surface area contributed by atoms with E-state index in [9.17, 15) is 9.59 Å². The van der Waals surface area contributed by atoms with Gasteiger partial charge in [-0.05, 0) is 36.2 Å². The molecule has 5 heteroatoms.